The molecule has 2 nitrogen and oxygen atoms in total. The Morgan fingerprint density at radius 2 is 1.94 bits per heavy atom. The van der Waals surface area contributed by atoms with Crippen LogP contribution in [0.2, 0.25) is 0 Å². The standard InChI is InChI=1S/C29H46O2/c1-20(12-9-16-27(31)28(5,6)7)22(3)29(8)19-11-14-25(23(29)4)18-17-24-13-10-15-26(30)21(24)2/h17-18,20,23,26,30H,2-3,9-16,19H2,1,4-8H3/b24-17-,25-18+/t20-,23?,26?,29?/m1/s1. The summed E-state index contributed by atoms with van der Waals surface area (Å²) in [5.74, 6) is 1.23. The molecule has 0 spiro atoms. The molecule has 1 N–H and O–H groups in total. The van der Waals surface area contributed by atoms with Crippen molar-refractivity contribution >= 4 is 5.78 Å². The highest BCUT2D eigenvalue weighted by atomic mass is 16.3. The quantitative estimate of drug-likeness (QED) is 0.423. The molecule has 3 unspecified atom stereocenters. The maximum absolute atomic E-state index is 12.3. The van der Waals surface area contributed by atoms with Crippen molar-refractivity contribution in [2.24, 2.45) is 22.7 Å². The van der Waals surface area contributed by atoms with Crippen LogP contribution in [-0.4, -0.2) is 17.0 Å². The molecule has 2 aliphatic rings. The summed E-state index contributed by atoms with van der Waals surface area (Å²) in [6.45, 7) is 21.7. The average Bonchev–Trinajstić information content (AvgIpc) is 2.70. The lowest BCUT2D eigenvalue weighted by Crippen LogP contribution is -2.34. The van der Waals surface area contributed by atoms with Crippen molar-refractivity contribution in [2.45, 2.75) is 105 Å². The van der Waals surface area contributed by atoms with Gasteiger partial charge in [0.1, 0.15) is 5.78 Å². The fraction of sp³-hybridized carbons (Fsp3) is 0.690. The van der Waals surface area contributed by atoms with E-state index in [1.165, 1.54) is 29.6 Å². The molecular formula is C29H46O2. The molecule has 0 bridgehead atoms. The zero-order valence-electron chi connectivity index (χ0n) is 21.0. The van der Waals surface area contributed by atoms with Crippen LogP contribution in [0.25, 0.3) is 0 Å². The number of allylic oxidation sites excluding steroid dienone is 4. The van der Waals surface area contributed by atoms with E-state index in [0.29, 0.717) is 24.0 Å². The fourth-order valence-electron chi connectivity index (χ4n) is 5.28. The van der Waals surface area contributed by atoms with Crippen molar-refractivity contribution in [1.29, 1.82) is 0 Å². The van der Waals surface area contributed by atoms with Gasteiger partial charge in [-0.25, -0.2) is 0 Å². The van der Waals surface area contributed by atoms with E-state index >= 15 is 0 Å². The van der Waals surface area contributed by atoms with Crippen LogP contribution in [0, 0.1) is 22.7 Å². The van der Waals surface area contributed by atoms with Gasteiger partial charge < -0.3 is 5.11 Å². The predicted octanol–water partition coefficient (Wildman–Crippen LogP) is 7.74. The van der Waals surface area contributed by atoms with Crippen molar-refractivity contribution in [1.82, 2.24) is 0 Å². The van der Waals surface area contributed by atoms with Crippen LogP contribution in [0.5, 0.6) is 0 Å². The normalized spacial score (nSPS) is 31.1. The molecule has 31 heavy (non-hydrogen) atoms. The fourth-order valence-corrected chi connectivity index (χ4v) is 5.28. The molecule has 2 fully saturated rings. The summed E-state index contributed by atoms with van der Waals surface area (Å²) < 4.78 is 0. The molecule has 2 heteroatoms. The minimum Gasteiger partial charge on any atom is -0.388 e. The average molecular weight is 427 g/mol. The molecule has 0 aromatic rings. The van der Waals surface area contributed by atoms with Crippen molar-refractivity contribution in [3.8, 4) is 0 Å². The zero-order valence-corrected chi connectivity index (χ0v) is 21.0. The van der Waals surface area contributed by atoms with Gasteiger partial charge >= 0.3 is 0 Å². The van der Waals surface area contributed by atoms with Crippen LogP contribution in [0.4, 0.5) is 0 Å². The Labute approximate surface area is 191 Å². The summed E-state index contributed by atoms with van der Waals surface area (Å²) in [6, 6.07) is 0. The molecule has 174 valence electrons. The van der Waals surface area contributed by atoms with Crippen molar-refractivity contribution in [3.05, 3.63) is 47.6 Å². The largest absolute Gasteiger partial charge is 0.388 e. The molecule has 0 saturated heterocycles. The molecule has 0 aliphatic heterocycles. The number of carbonyl (C=O) groups is 1. The smallest absolute Gasteiger partial charge is 0.138 e. The van der Waals surface area contributed by atoms with Gasteiger partial charge in [-0.1, -0.05) is 78.0 Å². The van der Waals surface area contributed by atoms with E-state index in [2.05, 4.69) is 46.1 Å². The van der Waals surface area contributed by atoms with Crippen LogP contribution < -0.4 is 0 Å². The molecule has 4 atom stereocenters. The Balaban J connectivity index is 2.05. The Bertz CT molecular complexity index is 745. The minimum atomic E-state index is -0.377. The molecule has 0 radical (unpaired) electrons. The lowest BCUT2D eigenvalue weighted by molar-refractivity contribution is -0.126. The third kappa shape index (κ3) is 6.31. The van der Waals surface area contributed by atoms with E-state index in [1.54, 1.807) is 0 Å². The molecule has 0 amide bonds. The van der Waals surface area contributed by atoms with E-state index in [4.69, 9.17) is 0 Å². The lowest BCUT2D eigenvalue weighted by Gasteiger charge is -2.45. The van der Waals surface area contributed by atoms with Gasteiger partial charge in [0.05, 0.1) is 6.10 Å². The van der Waals surface area contributed by atoms with Gasteiger partial charge in [-0.05, 0) is 79.8 Å². The molecule has 0 aromatic carbocycles. The maximum Gasteiger partial charge on any atom is 0.138 e. The second kappa shape index (κ2) is 10.5. The highest BCUT2D eigenvalue weighted by Gasteiger charge is 2.39. The number of ketones is 1. The summed E-state index contributed by atoms with van der Waals surface area (Å²) in [5.41, 5.74) is 4.81. The highest BCUT2D eigenvalue weighted by molar-refractivity contribution is 5.83. The topological polar surface area (TPSA) is 37.3 Å². The number of hydrogen-bond acceptors (Lipinski definition) is 2. The highest BCUT2D eigenvalue weighted by Crippen LogP contribution is 2.51. The number of rotatable bonds is 7. The summed E-state index contributed by atoms with van der Waals surface area (Å²) in [7, 11) is 0. The van der Waals surface area contributed by atoms with Gasteiger partial charge in [-0.3, -0.25) is 4.79 Å². The maximum atomic E-state index is 12.3. The second-order valence-electron chi connectivity index (χ2n) is 11.4. The first-order valence-electron chi connectivity index (χ1n) is 12.4. The Hall–Kier alpha value is -1.41. The van der Waals surface area contributed by atoms with E-state index in [-0.39, 0.29) is 16.9 Å². The minimum absolute atomic E-state index is 0.0964. The molecule has 2 saturated carbocycles. The van der Waals surface area contributed by atoms with Crippen molar-refractivity contribution in [2.75, 3.05) is 0 Å². The number of carbonyl (C=O) groups excluding carboxylic acids is 1. The molecule has 2 rings (SSSR count). The summed E-state index contributed by atoms with van der Waals surface area (Å²) in [6.07, 6.45) is 13.2. The van der Waals surface area contributed by atoms with E-state index in [1.807, 2.05) is 20.8 Å². The van der Waals surface area contributed by atoms with Crippen LogP contribution in [0.15, 0.2) is 47.6 Å². The Morgan fingerprint density at radius 1 is 1.26 bits per heavy atom. The molecular weight excluding hydrogens is 380 g/mol. The van der Waals surface area contributed by atoms with Gasteiger partial charge in [-0.15, -0.1) is 0 Å². The monoisotopic (exact) mass is 426 g/mol. The number of aliphatic hydroxyl groups excluding tert-OH is 1. The van der Waals surface area contributed by atoms with Crippen LogP contribution >= 0.6 is 0 Å². The number of aliphatic hydroxyl groups is 1. The summed E-state index contributed by atoms with van der Waals surface area (Å²) in [4.78, 5) is 12.3. The SMILES string of the molecule is C=C1/C(=C\C=C2/CCCC(C)(C(=C)[C@H](C)CCCC(=O)C(C)(C)C)C2C)CCCC1O. The molecule has 0 aromatic heterocycles. The van der Waals surface area contributed by atoms with Crippen LogP contribution in [0.1, 0.15) is 99.3 Å². The van der Waals surface area contributed by atoms with Crippen LogP contribution in [-0.2, 0) is 4.79 Å². The summed E-state index contributed by atoms with van der Waals surface area (Å²) in [5, 5.41) is 10.1. The first-order valence-corrected chi connectivity index (χ1v) is 12.4. The van der Waals surface area contributed by atoms with E-state index < -0.39 is 0 Å². The Kier molecular flexibility index (Phi) is 8.73. The molecule has 2 aliphatic carbocycles. The number of Topliss-reactive ketones (excluding diaryl/α,β-unsaturated/α-hetero) is 1. The predicted molar refractivity (Wildman–Crippen MR) is 133 cm³/mol. The van der Waals surface area contributed by atoms with Crippen molar-refractivity contribution < 1.29 is 9.90 Å². The molecule has 0 heterocycles. The third-order valence-electron chi connectivity index (χ3n) is 8.12. The van der Waals surface area contributed by atoms with Gasteiger partial charge in [0.2, 0.25) is 0 Å². The Morgan fingerprint density at radius 3 is 2.58 bits per heavy atom. The van der Waals surface area contributed by atoms with Crippen LogP contribution in [0.3, 0.4) is 0 Å². The third-order valence-corrected chi connectivity index (χ3v) is 8.12. The van der Waals surface area contributed by atoms with Gasteiger partial charge in [0.25, 0.3) is 0 Å². The zero-order chi connectivity index (χ0) is 23.4. The number of hydrogen-bond donors (Lipinski definition) is 1. The lowest BCUT2D eigenvalue weighted by atomic mass is 9.60. The first-order chi connectivity index (χ1) is 14.4. The first kappa shape index (κ1) is 25.8. The van der Waals surface area contributed by atoms with E-state index in [9.17, 15) is 9.90 Å². The van der Waals surface area contributed by atoms with E-state index in [0.717, 1.165) is 44.1 Å². The van der Waals surface area contributed by atoms with Gasteiger partial charge in [-0.2, -0.15) is 0 Å². The van der Waals surface area contributed by atoms with Gasteiger partial charge in [0, 0.05) is 11.8 Å². The van der Waals surface area contributed by atoms with Crippen molar-refractivity contribution in [3.63, 3.8) is 0 Å². The summed E-state index contributed by atoms with van der Waals surface area (Å²) >= 11 is 0. The van der Waals surface area contributed by atoms with Gasteiger partial charge in [0.15, 0.2) is 0 Å². The second-order valence-corrected chi connectivity index (χ2v) is 11.4.